The summed E-state index contributed by atoms with van der Waals surface area (Å²) in [5.41, 5.74) is 2.15. The Hall–Kier alpha value is -1.13. The van der Waals surface area contributed by atoms with Crippen LogP contribution >= 0.6 is 24.0 Å². The van der Waals surface area contributed by atoms with Gasteiger partial charge < -0.3 is 0 Å². The van der Waals surface area contributed by atoms with Crippen molar-refractivity contribution in [3.05, 3.63) is 36.3 Å². The van der Waals surface area contributed by atoms with Crippen molar-refractivity contribution in [1.82, 2.24) is 9.97 Å². The summed E-state index contributed by atoms with van der Waals surface area (Å²) >= 11 is 5.29. The van der Waals surface area contributed by atoms with E-state index in [4.69, 9.17) is 0 Å². The Bertz CT molecular complexity index is 617. The molecule has 3 rings (SSSR count). The second kappa shape index (κ2) is 4.80. The summed E-state index contributed by atoms with van der Waals surface area (Å²) < 4.78 is 2.49. The van der Waals surface area contributed by atoms with Crippen LogP contribution in [0, 0.1) is 6.92 Å². The van der Waals surface area contributed by atoms with Crippen LogP contribution in [0.1, 0.15) is 5.69 Å². The Morgan fingerprint density at radius 2 is 1.88 bits per heavy atom. The summed E-state index contributed by atoms with van der Waals surface area (Å²) in [5, 5.41) is 1.23. The summed E-state index contributed by atoms with van der Waals surface area (Å²) in [6.07, 6.45) is 3.33. The monoisotopic (exact) mass is 248 g/mol. The van der Waals surface area contributed by atoms with Crippen LogP contribution in [0.15, 0.2) is 30.6 Å². The molecule has 0 spiro atoms. The lowest BCUT2D eigenvalue weighted by Crippen LogP contribution is -1.81. The zero-order valence-electron chi connectivity index (χ0n) is 9.14. The smallest absolute Gasteiger partial charge is 0.116 e. The molecule has 3 aromatic rings. The maximum atomic E-state index is 4.33. The molecule has 0 amide bonds. The molecule has 0 bridgehead atoms. The van der Waals surface area contributed by atoms with Crippen LogP contribution < -0.4 is 0 Å². The second-order valence-corrected chi connectivity index (χ2v) is 4.29. The molecular weight excluding hydrogens is 236 g/mol. The third-order valence-corrected chi connectivity index (χ3v) is 3.60. The van der Waals surface area contributed by atoms with Crippen molar-refractivity contribution in [3.63, 3.8) is 0 Å². The highest BCUT2D eigenvalue weighted by atomic mass is 32.1. The van der Waals surface area contributed by atoms with Crippen LogP contribution in [0.2, 0.25) is 0 Å². The first-order chi connectivity index (χ1) is 7.86. The van der Waals surface area contributed by atoms with Crippen LogP contribution in [0.4, 0.5) is 0 Å². The van der Waals surface area contributed by atoms with Crippen molar-refractivity contribution in [1.29, 1.82) is 0 Å². The van der Waals surface area contributed by atoms with Gasteiger partial charge >= 0.3 is 0 Å². The summed E-state index contributed by atoms with van der Waals surface area (Å²) in [4.78, 5) is 8.53. The first-order valence-electron chi connectivity index (χ1n) is 4.90. The molecule has 16 heavy (non-hydrogen) atoms. The van der Waals surface area contributed by atoms with Gasteiger partial charge in [-0.2, -0.15) is 12.6 Å². The molecule has 2 aromatic heterocycles. The molecule has 0 N–H and O–H groups in total. The van der Waals surface area contributed by atoms with E-state index in [0.29, 0.717) is 0 Å². The molecule has 1 aromatic carbocycles. The van der Waals surface area contributed by atoms with Gasteiger partial charge in [0.1, 0.15) is 6.33 Å². The topological polar surface area (TPSA) is 25.8 Å². The molecule has 0 atom stereocenters. The highest BCUT2D eigenvalue weighted by Gasteiger charge is 2.07. The van der Waals surface area contributed by atoms with Gasteiger partial charge in [0.2, 0.25) is 0 Å². The summed E-state index contributed by atoms with van der Waals surface area (Å²) in [6, 6.07) is 8.34. The summed E-state index contributed by atoms with van der Waals surface area (Å²) in [7, 11) is 0. The Morgan fingerprint density at radius 3 is 2.69 bits per heavy atom. The summed E-state index contributed by atoms with van der Waals surface area (Å²) in [6.45, 7) is 2.03. The minimum atomic E-state index is 1.07. The lowest BCUT2D eigenvalue weighted by molar-refractivity contribution is 1.16. The fourth-order valence-electron chi connectivity index (χ4n) is 1.64. The van der Waals surface area contributed by atoms with Gasteiger partial charge in [0, 0.05) is 10.1 Å². The minimum Gasteiger partial charge on any atom is -0.240 e. The fourth-order valence-corrected chi connectivity index (χ4v) is 2.74. The third-order valence-electron chi connectivity index (χ3n) is 2.34. The number of rotatable bonds is 0. The van der Waals surface area contributed by atoms with Crippen molar-refractivity contribution in [3.8, 4) is 0 Å². The van der Waals surface area contributed by atoms with Crippen LogP contribution in [0.25, 0.3) is 20.3 Å². The summed E-state index contributed by atoms with van der Waals surface area (Å²) in [5.74, 6) is 0. The maximum Gasteiger partial charge on any atom is 0.116 e. The highest BCUT2D eigenvalue weighted by molar-refractivity contribution is 7.79. The van der Waals surface area contributed by atoms with Gasteiger partial charge in [0.15, 0.2) is 0 Å². The van der Waals surface area contributed by atoms with Crippen LogP contribution in [-0.4, -0.2) is 16.2 Å². The number of hydrogen-bond donors (Lipinski definition) is 1. The van der Waals surface area contributed by atoms with Crippen molar-refractivity contribution in [2.75, 3.05) is 6.26 Å². The third kappa shape index (κ3) is 1.79. The van der Waals surface area contributed by atoms with E-state index in [1.807, 2.05) is 13.0 Å². The van der Waals surface area contributed by atoms with E-state index >= 15 is 0 Å². The molecule has 0 aliphatic rings. The van der Waals surface area contributed by atoms with Crippen molar-refractivity contribution in [2.24, 2.45) is 0 Å². The van der Waals surface area contributed by atoms with Gasteiger partial charge in [-0.25, -0.2) is 9.97 Å². The van der Waals surface area contributed by atoms with Gasteiger partial charge in [0.05, 0.1) is 15.9 Å². The molecule has 0 saturated carbocycles. The SMILES string of the molecule is CS.Cc1ncnc2c1sc1ccccc12. The van der Waals surface area contributed by atoms with Gasteiger partial charge in [-0.05, 0) is 19.2 Å². The average molecular weight is 248 g/mol. The number of hydrogen-bond acceptors (Lipinski definition) is 4. The average Bonchev–Trinajstić information content (AvgIpc) is 2.72. The second-order valence-electron chi connectivity index (χ2n) is 3.24. The first kappa shape index (κ1) is 11.4. The maximum absolute atomic E-state index is 4.33. The van der Waals surface area contributed by atoms with E-state index in [1.54, 1.807) is 23.9 Å². The molecular formula is C12H12N2S2. The number of aromatic nitrogens is 2. The predicted octanol–water partition coefficient (Wildman–Crippen LogP) is 3.70. The highest BCUT2D eigenvalue weighted by Crippen LogP contribution is 2.32. The van der Waals surface area contributed by atoms with E-state index in [0.717, 1.165) is 11.2 Å². The molecule has 2 nitrogen and oxygen atoms in total. The molecule has 4 heteroatoms. The lowest BCUT2D eigenvalue weighted by atomic mass is 10.2. The van der Waals surface area contributed by atoms with E-state index in [-0.39, 0.29) is 0 Å². The zero-order chi connectivity index (χ0) is 11.5. The van der Waals surface area contributed by atoms with Gasteiger partial charge in [-0.3, -0.25) is 0 Å². The Balaban J connectivity index is 0.000000457. The molecule has 0 fully saturated rings. The van der Waals surface area contributed by atoms with E-state index in [1.165, 1.54) is 14.8 Å². The number of thiol groups is 1. The number of aryl methyl sites for hydroxylation is 1. The van der Waals surface area contributed by atoms with Gasteiger partial charge in [0.25, 0.3) is 0 Å². The van der Waals surface area contributed by atoms with Crippen LogP contribution in [0.5, 0.6) is 0 Å². The van der Waals surface area contributed by atoms with Crippen molar-refractivity contribution >= 4 is 44.3 Å². The predicted molar refractivity (Wildman–Crippen MR) is 74.6 cm³/mol. The Morgan fingerprint density at radius 1 is 1.12 bits per heavy atom. The lowest BCUT2D eigenvalue weighted by Gasteiger charge is -1.91. The van der Waals surface area contributed by atoms with Gasteiger partial charge in [-0.15, -0.1) is 11.3 Å². The van der Waals surface area contributed by atoms with Gasteiger partial charge in [-0.1, -0.05) is 18.2 Å². The molecule has 0 unspecified atom stereocenters. The molecule has 82 valence electrons. The number of benzene rings is 1. The Kier molecular flexibility index (Phi) is 3.41. The molecule has 0 saturated heterocycles. The largest absolute Gasteiger partial charge is 0.240 e. The van der Waals surface area contributed by atoms with E-state index in [2.05, 4.69) is 40.8 Å². The molecule has 2 heterocycles. The number of thiophene rings is 1. The van der Waals surface area contributed by atoms with E-state index in [9.17, 15) is 0 Å². The molecule has 0 aliphatic heterocycles. The van der Waals surface area contributed by atoms with E-state index < -0.39 is 0 Å². The molecule has 0 aliphatic carbocycles. The minimum absolute atomic E-state index is 1.07. The fraction of sp³-hybridized carbons (Fsp3) is 0.167. The van der Waals surface area contributed by atoms with Crippen molar-refractivity contribution < 1.29 is 0 Å². The number of nitrogens with zero attached hydrogens (tertiary/aromatic N) is 2. The Labute approximate surface area is 104 Å². The van der Waals surface area contributed by atoms with Crippen molar-refractivity contribution in [2.45, 2.75) is 6.92 Å². The quantitative estimate of drug-likeness (QED) is 0.614. The standard InChI is InChI=1S/C11H8N2S.CH4S/c1-7-11-10(13-6-12-7)8-4-2-3-5-9(8)14-11;1-2/h2-6H,1H3;2H,1H3. The normalized spacial score (nSPS) is 10.2. The van der Waals surface area contributed by atoms with Crippen LogP contribution in [-0.2, 0) is 0 Å². The molecule has 0 radical (unpaired) electrons. The first-order valence-corrected chi connectivity index (χ1v) is 6.61. The zero-order valence-corrected chi connectivity index (χ0v) is 10.8. The number of fused-ring (bicyclic) bond motifs is 3. The van der Waals surface area contributed by atoms with Crippen LogP contribution in [0.3, 0.4) is 0 Å².